The average molecular weight is 536 g/mol. The number of ether oxygens (including phenoxy) is 2. The molecular formula is C23H29IN4O3. The van der Waals surface area contributed by atoms with Crippen molar-refractivity contribution in [3.05, 3.63) is 65.5 Å². The average Bonchev–Trinajstić information content (AvgIpc) is 3.24. The van der Waals surface area contributed by atoms with Crippen molar-refractivity contribution < 1.29 is 13.9 Å². The highest BCUT2D eigenvalue weighted by Gasteiger charge is 2.09. The van der Waals surface area contributed by atoms with Gasteiger partial charge in [-0.15, -0.1) is 24.0 Å². The summed E-state index contributed by atoms with van der Waals surface area (Å²) in [4.78, 5) is 8.80. The molecule has 1 aromatic heterocycles. The molecule has 1 heterocycles. The molecule has 8 heteroatoms. The molecule has 0 aliphatic heterocycles. The topological polar surface area (TPSA) is 80.9 Å². The van der Waals surface area contributed by atoms with Crippen molar-refractivity contribution in [2.45, 2.75) is 26.9 Å². The molecule has 0 atom stereocenters. The zero-order chi connectivity index (χ0) is 21.3. The lowest BCUT2D eigenvalue weighted by Gasteiger charge is -2.13. The van der Waals surface area contributed by atoms with E-state index in [9.17, 15) is 0 Å². The first kappa shape index (κ1) is 24.5. The Morgan fingerprint density at radius 3 is 2.48 bits per heavy atom. The molecule has 31 heavy (non-hydrogen) atoms. The van der Waals surface area contributed by atoms with Gasteiger partial charge in [0.2, 0.25) is 5.89 Å². The zero-order valence-corrected chi connectivity index (χ0v) is 20.6. The highest BCUT2D eigenvalue weighted by Crippen LogP contribution is 2.28. The fraction of sp³-hybridized carbons (Fsp3) is 0.304. The van der Waals surface area contributed by atoms with Crippen LogP contribution in [0.2, 0.25) is 0 Å². The summed E-state index contributed by atoms with van der Waals surface area (Å²) in [6.07, 6.45) is 1.66. The van der Waals surface area contributed by atoms with Gasteiger partial charge in [0.25, 0.3) is 0 Å². The molecule has 0 spiro atoms. The van der Waals surface area contributed by atoms with Gasteiger partial charge in [-0.1, -0.05) is 23.8 Å². The van der Waals surface area contributed by atoms with Gasteiger partial charge in [0.1, 0.15) is 6.26 Å². The minimum Gasteiger partial charge on any atom is -0.493 e. The second kappa shape index (κ2) is 12.2. The van der Waals surface area contributed by atoms with Gasteiger partial charge >= 0.3 is 0 Å². The normalized spacial score (nSPS) is 10.9. The van der Waals surface area contributed by atoms with E-state index in [0.29, 0.717) is 37.3 Å². The van der Waals surface area contributed by atoms with Crippen molar-refractivity contribution in [1.82, 2.24) is 15.6 Å². The summed E-state index contributed by atoms with van der Waals surface area (Å²) in [5, 5.41) is 6.54. The summed E-state index contributed by atoms with van der Waals surface area (Å²) in [6.45, 7) is 5.69. The molecule has 0 fully saturated rings. The molecule has 0 saturated heterocycles. The van der Waals surface area contributed by atoms with Gasteiger partial charge in [-0.05, 0) is 43.7 Å². The largest absolute Gasteiger partial charge is 0.493 e. The first-order valence-corrected chi connectivity index (χ1v) is 9.88. The van der Waals surface area contributed by atoms with Gasteiger partial charge in [-0.3, -0.25) is 4.99 Å². The molecule has 166 valence electrons. The summed E-state index contributed by atoms with van der Waals surface area (Å²) in [5.74, 6) is 2.73. The van der Waals surface area contributed by atoms with Crippen molar-refractivity contribution >= 4 is 29.9 Å². The van der Waals surface area contributed by atoms with Gasteiger partial charge in [-0.25, -0.2) is 4.98 Å². The van der Waals surface area contributed by atoms with Crippen molar-refractivity contribution in [3.63, 3.8) is 0 Å². The van der Waals surface area contributed by atoms with E-state index in [1.54, 1.807) is 20.4 Å². The third kappa shape index (κ3) is 6.88. The number of nitrogens with zero attached hydrogens (tertiary/aromatic N) is 2. The third-order valence-corrected chi connectivity index (χ3v) is 4.50. The molecular weight excluding hydrogens is 507 g/mol. The molecule has 0 bridgehead atoms. The monoisotopic (exact) mass is 536 g/mol. The predicted octanol–water partition coefficient (Wildman–Crippen LogP) is 4.54. The maximum Gasteiger partial charge on any atom is 0.226 e. The molecule has 0 radical (unpaired) electrons. The van der Waals surface area contributed by atoms with Crippen LogP contribution >= 0.6 is 24.0 Å². The van der Waals surface area contributed by atoms with E-state index in [4.69, 9.17) is 13.9 Å². The minimum atomic E-state index is 0. The number of nitrogens with one attached hydrogen (secondary N) is 2. The van der Waals surface area contributed by atoms with E-state index in [0.717, 1.165) is 22.6 Å². The van der Waals surface area contributed by atoms with Crippen LogP contribution in [-0.4, -0.2) is 31.7 Å². The number of hydrogen-bond acceptors (Lipinski definition) is 5. The second-order valence-corrected chi connectivity index (χ2v) is 6.71. The Labute approximate surface area is 200 Å². The molecule has 0 saturated carbocycles. The minimum absolute atomic E-state index is 0. The predicted molar refractivity (Wildman–Crippen MR) is 133 cm³/mol. The Bertz CT molecular complexity index is 987. The summed E-state index contributed by atoms with van der Waals surface area (Å²) in [7, 11) is 3.37. The Kier molecular flexibility index (Phi) is 9.64. The number of aliphatic imine (C=N–C) groups is 1. The van der Waals surface area contributed by atoms with E-state index < -0.39 is 0 Å². The molecule has 2 N–H and O–H groups in total. The number of oxazole rings is 1. The van der Waals surface area contributed by atoms with Crippen LogP contribution in [0.4, 0.5) is 0 Å². The number of aromatic nitrogens is 1. The summed E-state index contributed by atoms with van der Waals surface area (Å²) < 4.78 is 16.6. The lowest BCUT2D eigenvalue weighted by atomic mass is 10.1. The first-order valence-electron chi connectivity index (χ1n) is 9.88. The van der Waals surface area contributed by atoms with Crippen LogP contribution in [0, 0.1) is 6.92 Å². The van der Waals surface area contributed by atoms with Gasteiger partial charge < -0.3 is 24.5 Å². The Balaban J connectivity index is 0.00000341. The highest BCUT2D eigenvalue weighted by atomic mass is 127. The number of rotatable bonds is 8. The van der Waals surface area contributed by atoms with Crippen molar-refractivity contribution in [3.8, 4) is 23.0 Å². The zero-order valence-electron chi connectivity index (χ0n) is 18.3. The molecule has 0 aliphatic rings. The standard InChI is InChI=1S/C23H28N4O3.HI/c1-5-29-20-11-8-17(12-21(20)28-4)13-25-23(24-3)26-14-19-15-30-22(27-19)18-9-6-16(2)7-10-18;/h6-12,15H,5,13-14H2,1-4H3,(H2,24,25,26);1H. The van der Waals surface area contributed by atoms with Crippen LogP contribution in [0.15, 0.2) is 58.1 Å². The van der Waals surface area contributed by atoms with Crippen molar-refractivity contribution in [2.75, 3.05) is 20.8 Å². The molecule has 0 amide bonds. The number of guanidine groups is 1. The maximum absolute atomic E-state index is 5.61. The summed E-state index contributed by atoms with van der Waals surface area (Å²) in [6, 6.07) is 14.0. The maximum atomic E-state index is 5.61. The number of hydrogen-bond donors (Lipinski definition) is 2. The Morgan fingerprint density at radius 2 is 1.81 bits per heavy atom. The third-order valence-electron chi connectivity index (χ3n) is 4.50. The van der Waals surface area contributed by atoms with Gasteiger partial charge in [0, 0.05) is 19.2 Å². The van der Waals surface area contributed by atoms with Crippen LogP contribution in [-0.2, 0) is 13.1 Å². The summed E-state index contributed by atoms with van der Waals surface area (Å²) >= 11 is 0. The van der Waals surface area contributed by atoms with Crippen LogP contribution < -0.4 is 20.1 Å². The lowest BCUT2D eigenvalue weighted by Crippen LogP contribution is -2.36. The molecule has 0 aliphatic carbocycles. The van der Waals surface area contributed by atoms with Crippen LogP contribution in [0.5, 0.6) is 11.5 Å². The van der Waals surface area contributed by atoms with Gasteiger partial charge in [0.15, 0.2) is 17.5 Å². The molecule has 0 unspecified atom stereocenters. The molecule has 7 nitrogen and oxygen atoms in total. The van der Waals surface area contributed by atoms with Gasteiger partial charge in [-0.2, -0.15) is 0 Å². The number of methoxy groups -OCH3 is 1. The lowest BCUT2D eigenvalue weighted by molar-refractivity contribution is 0.310. The summed E-state index contributed by atoms with van der Waals surface area (Å²) in [5.41, 5.74) is 4.02. The van der Waals surface area contributed by atoms with Crippen LogP contribution in [0.25, 0.3) is 11.5 Å². The number of aryl methyl sites for hydroxylation is 1. The fourth-order valence-electron chi connectivity index (χ4n) is 2.89. The number of halogens is 1. The number of benzene rings is 2. The van der Waals surface area contributed by atoms with E-state index in [1.165, 1.54) is 5.56 Å². The van der Waals surface area contributed by atoms with Crippen LogP contribution in [0.3, 0.4) is 0 Å². The van der Waals surface area contributed by atoms with Gasteiger partial charge in [0.05, 0.1) is 26.0 Å². The Morgan fingerprint density at radius 1 is 1.06 bits per heavy atom. The quantitative estimate of drug-likeness (QED) is 0.250. The van der Waals surface area contributed by atoms with E-state index >= 15 is 0 Å². The van der Waals surface area contributed by atoms with Crippen molar-refractivity contribution in [2.24, 2.45) is 4.99 Å². The smallest absolute Gasteiger partial charge is 0.226 e. The SMILES string of the molecule is CCOc1ccc(CNC(=NC)NCc2coc(-c3ccc(C)cc3)n2)cc1OC.I. The van der Waals surface area contributed by atoms with E-state index in [-0.39, 0.29) is 24.0 Å². The van der Waals surface area contributed by atoms with Crippen LogP contribution in [0.1, 0.15) is 23.7 Å². The van der Waals surface area contributed by atoms with Crippen molar-refractivity contribution in [1.29, 1.82) is 0 Å². The second-order valence-electron chi connectivity index (χ2n) is 6.71. The Hall–Kier alpha value is -2.75. The van der Waals surface area contributed by atoms with E-state index in [2.05, 4.69) is 27.5 Å². The molecule has 2 aromatic carbocycles. The molecule has 3 rings (SSSR count). The molecule has 3 aromatic rings. The highest BCUT2D eigenvalue weighted by molar-refractivity contribution is 14.0. The fourth-order valence-corrected chi connectivity index (χ4v) is 2.89. The van der Waals surface area contributed by atoms with E-state index in [1.807, 2.05) is 49.4 Å². The first-order chi connectivity index (χ1) is 14.6.